The molecule has 0 spiro atoms. The first-order valence-electron chi connectivity index (χ1n) is 14.3. The van der Waals surface area contributed by atoms with Crippen LogP contribution in [-0.4, -0.2) is 107 Å². The third-order valence-corrected chi connectivity index (χ3v) is 8.70. The molecule has 3 amide bonds. The number of rotatable bonds is 8. The van der Waals surface area contributed by atoms with Crippen molar-refractivity contribution < 1.29 is 14.3 Å². The van der Waals surface area contributed by atoms with Gasteiger partial charge in [-0.15, -0.1) is 0 Å². The predicted molar refractivity (Wildman–Crippen MR) is 174 cm³/mol. The number of likely N-dealkylation sites (N-methyl/N-ethyl adjacent to an activating group) is 1. The molecule has 2 aromatic carbocycles. The Morgan fingerprint density at radius 3 is 2.16 bits per heavy atom. The molecule has 10 nitrogen and oxygen atoms in total. The van der Waals surface area contributed by atoms with Gasteiger partial charge in [-0.05, 0) is 48.6 Å². The maximum absolute atomic E-state index is 14.6. The van der Waals surface area contributed by atoms with E-state index in [1.165, 1.54) is 11.8 Å². The Morgan fingerprint density at radius 2 is 1.59 bits per heavy atom. The fourth-order valence-corrected chi connectivity index (χ4v) is 5.87. The number of amidine groups is 1. The topological polar surface area (TPSA) is 94.5 Å². The number of ether oxygens (including phenoxy) is 1. The van der Waals surface area contributed by atoms with Crippen LogP contribution in [0, 0.1) is 0 Å². The van der Waals surface area contributed by atoms with Gasteiger partial charge in [0.2, 0.25) is 11.8 Å². The number of thioether (sulfide) groups is 1. The number of piperazine rings is 1. The molecular weight excluding hydrogens is 621 g/mol. The first-order chi connectivity index (χ1) is 21.2. The van der Waals surface area contributed by atoms with Crippen molar-refractivity contribution in [2.45, 2.75) is 24.2 Å². The van der Waals surface area contributed by atoms with E-state index in [0.717, 1.165) is 11.1 Å². The summed E-state index contributed by atoms with van der Waals surface area (Å²) in [4.78, 5) is 48.5. The number of aliphatic imine (C=N–C) groups is 1. The predicted octanol–water partition coefficient (Wildman–Crippen LogP) is 5.27. The normalized spacial score (nSPS) is 18.7. The minimum atomic E-state index is -0.501. The lowest BCUT2D eigenvalue weighted by atomic mass is 9.94. The minimum absolute atomic E-state index is 0.0319. The molecule has 232 valence electrons. The molecule has 5 rings (SSSR count). The highest BCUT2D eigenvalue weighted by molar-refractivity contribution is 7.98. The van der Waals surface area contributed by atoms with Crippen LogP contribution in [0.5, 0.6) is 5.88 Å². The molecule has 1 saturated heterocycles. The van der Waals surface area contributed by atoms with Gasteiger partial charge in [-0.3, -0.25) is 19.6 Å². The lowest BCUT2D eigenvalue weighted by Gasteiger charge is -2.39. The molecule has 2 aliphatic rings. The van der Waals surface area contributed by atoms with Crippen LogP contribution in [0.25, 0.3) is 0 Å². The number of hydrogen-bond acceptors (Lipinski definition) is 8. The van der Waals surface area contributed by atoms with Crippen molar-refractivity contribution in [3.8, 4) is 5.88 Å². The molecule has 3 aromatic rings. The number of urea groups is 1. The van der Waals surface area contributed by atoms with Crippen LogP contribution in [0.15, 0.2) is 64.9 Å². The lowest BCUT2D eigenvalue weighted by Crippen LogP contribution is -2.55. The second-order valence-corrected chi connectivity index (χ2v) is 12.3. The Balaban J connectivity index is 1.58. The molecule has 3 heterocycles. The maximum atomic E-state index is 14.6. The highest BCUT2D eigenvalue weighted by Crippen LogP contribution is 2.45. The van der Waals surface area contributed by atoms with Crippen LogP contribution >= 0.6 is 35.0 Å². The summed E-state index contributed by atoms with van der Waals surface area (Å²) in [6, 6.07) is 13.8. The van der Waals surface area contributed by atoms with E-state index in [1.54, 1.807) is 30.1 Å². The number of halogens is 2. The van der Waals surface area contributed by atoms with E-state index in [-0.39, 0.29) is 11.9 Å². The molecule has 0 saturated carbocycles. The zero-order valence-corrected chi connectivity index (χ0v) is 27.4. The van der Waals surface area contributed by atoms with Crippen molar-refractivity contribution in [2.24, 2.45) is 4.99 Å². The molecular formula is C31H35Cl2N7O3S. The molecule has 0 radical (unpaired) electrons. The number of benzene rings is 2. The van der Waals surface area contributed by atoms with Crippen molar-refractivity contribution in [2.75, 3.05) is 59.7 Å². The summed E-state index contributed by atoms with van der Waals surface area (Å²) in [6.45, 7) is 4.66. The van der Waals surface area contributed by atoms with Gasteiger partial charge < -0.3 is 14.5 Å². The third kappa shape index (κ3) is 6.96. The van der Waals surface area contributed by atoms with Crippen LogP contribution in [0.4, 0.5) is 4.79 Å². The second-order valence-electron chi connectivity index (χ2n) is 10.7. The zero-order valence-electron chi connectivity index (χ0n) is 25.1. The second kappa shape index (κ2) is 14.2. The van der Waals surface area contributed by atoms with E-state index >= 15 is 0 Å². The SMILES string of the molecule is CCOc1nc(SC)ncc1C1=N[C@H](c2ccc(Cl)cc2)[C@H](c2ccc(Cl)cc2)N1C(=O)N1CCN(CC(=O)N(C)C)CC1. The molecule has 13 heteroatoms. The van der Waals surface area contributed by atoms with Crippen molar-refractivity contribution in [3.63, 3.8) is 0 Å². The lowest BCUT2D eigenvalue weighted by molar-refractivity contribution is -0.130. The quantitative estimate of drug-likeness (QED) is 0.241. The molecule has 0 bridgehead atoms. The average Bonchev–Trinajstić information content (AvgIpc) is 3.42. The summed E-state index contributed by atoms with van der Waals surface area (Å²) in [5, 5.41) is 1.76. The maximum Gasteiger partial charge on any atom is 0.326 e. The Morgan fingerprint density at radius 1 is 0.977 bits per heavy atom. The minimum Gasteiger partial charge on any atom is -0.477 e. The summed E-state index contributed by atoms with van der Waals surface area (Å²) >= 11 is 13.9. The summed E-state index contributed by atoms with van der Waals surface area (Å²) in [6.07, 6.45) is 3.57. The molecule has 0 aliphatic carbocycles. The Kier molecular flexibility index (Phi) is 10.3. The largest absolute Gasteiger partial charge is 0.477 e. The molecule has 44 heavy (non-hydrogen) atoms. The molecule has 1 fully saturated rings. The first kappa shape index (κ1) is 32.0. The van der Waals surface area contributed by atoms with Crippen LogP contribution in [0.2, 0.25) is 10.0 Å². The Hall–Kier alpha value is -3.38. The highest BCUT2D eigenvalue weighted by Gasteiger charge is 2.45. The van der Waals surface area contributed by atoms with E-state index in [0.29, 0.717) is 71.8 Å². The smallest absolute Gasteiger partial charge is 0.326 e. The van der Waals surface area contributed by atoms with E-state index in [1.807, 2.05) is 66.6 Å². The highest BCUT2D eigenvalue weighted by atomic mass is 35.5. The van der Waals surface area contributed by atoms with Crippen molar-refractivity contribution >= 4 is 52.7 Å². The Bertz CT molecular complexity index is 1510. The number of nitrogens with zero attached hydrogens (tertiary/aromatic N) is 7. The summed E-state index contributed by atoms with van der Waals surface area (Å²) in [7, 11) is 3.49. The molecule has 2 aliphatic heterocycles. The van der Waals surface area contributed by atoms with Gasteiger partial charge in [0.05, 0.1) is 24.8 Å². The Labute approximate surface area is 272 Å². The van der Waals surface area contributed by atoms with Crippen LogP contribution in [-0.2, 0) is 4.79 Å². The summed E-state index contributed by atoms with van der Waals surface area (Å²) < 4.78 is 5.97. The van der Waals surface area contributed by atoms with Crippen molar-refractivity contribution in [1.82, 2.24) is 29.6 Å². The van der Waals surface area contributed by atoms with Gasteiger partial charge in [-0.25, -0.2) is 9.78 Å². The van der Waals surface area contributed by atoms with E-state index in [2.05, 4.69) is 14.9 Å². The monoisotopic (exact) mass is 655 g/mol. The van der Waals surface area contributed by atoms with Gasteiger partial charge in [0, 0.05) is 56.5 Å². The fraction of sp³-hybridized carbons (Fsp3) is 0.387. The van der Waals surface area contributed by atoms with Gasteiger partial charge >= 0.3 is 6.03 Å². The summed E-state index contributed by atoms with van der Waals surface area (Å²) in [5.74, 6) is 0.822. The number of hydrogen-bond donors (Lipinski definition) is 0. The molecule has 1 aromatic heterocycles. The van der Waals surface area contributed by atoms with Gasteiger partial charge in [-0.2, -0.15) is 4.98 Å². The van der Waals surface area contributed by atoms with Gasteiger partial charge in [-0.1, -0.05) is 59.2 Å². The number of aromatic nitrogens is 2. The third-order valence-electron chi connectivity index (χ3n) is 7.63. The van der Waals surface area contributed by atoms with Gasteiger partial charge in [0.15, 0.2) is 5.16 Å². The van der Waals surface area contributed by atoms with E-state index < -0.39 is 12.1 Å². The standard InChI is InChI=1S/C31H35Cl2N7O3S/c1-5-43-29-24(18-34-30(36-29)44-4)28-35-26(20-6-10-22(32)11-7-20)27(21-8-12-23(33)13-9-21)40(28)31(42)39-16-14-38(15-17-39)19-25(41)37(2)3/h6-13,18,26-27H,5,14-17,19H2,1-4H3/t26-,27+/m1/s1. The van der Waals surface area contributed by atoms with Crippen LogP contribution < -0.4 is 4.74 Å². The van der Waals surface area contributed by atoms with Crippen molar-refractivity contribution in [3.05, 3.63) is 81.5 Å². The number of carbonyl (C=O) groups is 2. The van der Waals surface area contributed by atoms with Crippen LogP contribution in [0.1, 0.15) is 35.7 Å². The number of carbonyl (C=O) groups excluding carboxylic acids is 2. The van der Waals surface area contributed by atoms with Gasteiger partial charge in [0.1, 0.15) is 11.9 Å². The zero-order chi connectivity index (χ0) is 31.4. The molecule has 0 N–H and O–H groups in total. The first-order valence-corrected chi connectivity index (χ1v) is 16.3. The van der Waals surface area contributed by atoms with E-state index in [4.69, 9.17) is 32.9 Å². The van der Waals surface area contributed by atoms with Crippen molar-refractivity contribution in [1.29, 1.82) is 0 Å². The van der Waals surface area contributed by atoms with Gasteiger partial charge in [0.25, 0.3) is 0 Å². The molecule has 2 atom stereocenters. The van der Waals surface area contributed by atoms with Crippen LogP contribution in [0.3, 0.4) is 0 Å². The average molecular weight is 657 g/mol. The molecule has 0 unspecified atom stereocenters. The summed E-state index contributed by atoms with van der Waals surface area (Å²) in [5.41, 5.74) is 2.30. The fourth-order valence-electron chi connectivity index (χ4n) is 5.29. The number of amides is 3. The van der Waals surface area contributed by atoms with E-state index in [9.17, 15) is 9.59 Å².